The Morgan fingerprint density at radius 2 is 2.00 bits per heavy atom. The van der Waals surface area contributed by atoms with Crippen LogP contribution in [-0.2, 0) is 16.4 Å². The van der Waals surface area contributed by atoms with E-state index in [2.05, 4.69) is 28.0 Å². The summed E-state index contributed by atoms with van der Waals surface area (Å²) in [5.41, 5.74) is 7.20. The van der Waals surface area contributed by atoms with Crippen LogP contribution in [0.3, 0.4) is 0 Å². The van der Waals surface area contributed by atoms with Gasteiger partial charge in [0.2, 0.25) is 14.7 Å². The molecule has 1 radical (unpaired) electrons. The number of aromatic amines is 1. The van der Waals surface area contributed by atoms with E-state index < -0.39 is 9.04 Å². The summed E-state index contributed by atoms with van der Waals surface area (Å²) in [6.07, 6.45) is 0.689. The maximum Gasteiger partial charge on any atom is 0.226 e. The number of aromatic nitrogens is 4. The van der Waals surface area contributed by atoms with Gasteiger partial charge in [-0.2, -0.15) is 4.98 Å². The second-order valence-corrected chi connectivity index (χ2v) is 8.32. The first kappa shape index (κ1) is 15.7. The van der Waals surface area contributed by atoms with Crippen molar-refractivity contribution < 1.29 is 4.43 Å². The lowest BCUT2D eigenvalue weighted by molar-refractivity contribution is 0.328. The lowest BCUT2D eigenvalue weighted by atomic mass is 10.1. The molecule has 0 saturated carbocycles. The normalized spacial score (nSPS) is 12.5. The van der Waals surface area contributed by atoms with Crippen molar-refractivity contribution in [2.75, 3.05) is 12.3 Å². The van der Waals surface area contributed by atoms with Gasteiger partial charge in [-0.05, 0) is 33.9 Å². The molecular formula is C13H23N6OSi. The van der Waals surface area contributed by atoms with Gasteiger partial charge in [0.15, 0.2) is 5.65 Å². The first-order chi connectivity index (χ1) is 9.70. The molecule has 0 amide bonds. The lowest BCUT2D eigenvalue weighted by Gasteiger charge is -2.24. The second kappa shape index (κ2) is 5.61. The van der Waals surface area contributed by atoms with Crippen LogP contribution >= 0.6 is 0 Å². The van der Waals surface area contributed by atoms with Gasteiger partial charge in [-0.15, -0.1) is 0 Å². The van der Waals surface area contributed by atoms with Gasteiger partial charge < -0.3 is 15.1 Å². The Balaban J connectivity index is 2.40. The Morgan fingerprint density at radius 1 is 1.33 bits per heavy atom. The number of hydrogen-bond acceptors (Lipinski definition) is 5. The van der Waals surface area contributed by atoms with Gasteiger partial charge >= 0.3 is 0 Å². The summed E-state index contributed by atoms with van der Waals surface area (Å²) in [4.78, 5) is 11.9. The van der Waals surface area contributed by atoms with Gasteiger partial charge in [0, 0.05) is 18.6 Å². The van der Waals surface area contributed by atoms with Crippen LogP contribution in [0.2, 0.25) is 13.1 Å². The van der Waals surface area contributed by atoms with Crippen LogP contribution in [-0.4, -0.2) is 35.2 Å². The van der Waals surface area contributed by atoms with E-state index in [0.29, 0.717) is 30.0 Å². The molecule has 0 bridgehead atoms. The topological polar surface area (TPSA) is 106 Å². The summed E-state index contributed by atoms with van der Waals surface area (Å²) in [6.45, 7) is 10.8. The van der Waals surface area contributed by atoms with Crippen molar-refractivity contribution in [2.45, 2.75) is 45.8 Å². The zero-order valence-electron chi connectivity index (χ0n) is 13.2. The number of nitrogens with zero attached hydrogens (tertiary/aromatic N) is 3. The molecule has 0 aromatic carbocycles. The number of rotatable bonds is 4. The van der Waals surface area contributed by atoms with Crippen molar-refractivity contribution in [3.05, 3.63) is 11.4 Å². The standard InChI is InChI=1S/C13H23N6OSi/c1-13(2,3)19-10(14)9-11(18-12(19)15)17-8(16-9)6-7-20-21(4)5/h6-7,14H2,1-5H3,(H2,15,16,17,18). The molecule has 0 saturated heterocycles. The maximum atomic E-state index is 8.05. The zero-order chi connectivity index (χ0) is 15.8. The fourth-order valence-corrected chi connectivity index (χ4v) is 2.71. The number of imidazole rings is 1. The zero-order valence-corrected chi connectivity index (χ0v) is 14.2. The number of hydrogen-bond donors (Lipinski definition) is 3. The number of anilines is 1. The van der Waals surface area contributed by atoms with E-state index in [9.17, 15) is 0 Å². The van der Waals surface area contributed by atoms with Crippen molar-refractivity contribution in [3.8, 4) is 0 Å². The Labute approximate surface area is 125 Å². The SMILES string of the molecule is C[Si](C)OCCc1nc2nc(=N)n(C(C)(C)C)c(N)c2[nH]1. The minimum Gasteiger partial charge on any atom is -0.417 e. The summed E-state index contributed by atoms with van der Waals surface area (Å²) in [5.74, 6) is 1.28. The fraction of sp³-hybridized carbons (Fsp3) is 0.615. The second-order valence-electron chi connectivity index (χ2n) is 6.22. The average molecular weight is 307 g/mol. The van der Waals surface area contributed by atoms with Gasteiger partial charge in [0.1, 0.15) is 17.2 Å². The molecule has 0 aliphatic carbocycles. The van der Waals surface area contributed by atoms with Gasteiger partial charge in [-0.25, -0.2) is 4.98 Å². The van der Waals surface area contributed by atoms with Gasteiger partial charge in [-0.3, -0.25) is 9.98 Å². The van der Waals surface area contributed by atoms with Crippen LogP contribution in [0.1, 0.15) is 26.6 Å². The third-order valence-corrected chi connectivity index (χ3v) is 3.84. The maximum absolute atomic E-state index is 8.05. The predicted molar refractivity (Wildman–Crippen MR) is 84.3 cm³/mol. The molecule has 0 aliphatic heterocycles. The van der Waals surface area contributed by atoms with Crippen LogP contribution < -0.4 is 11.4 Å². The molecule has 0 spiro atoms. The highest BCUT2D eigenvalue weighted by atomic mass is 28.3. The van der Waals surface area contributed by atoms with Gasteiger partial charge in [0.05, 0.1) is 0 Å². The van der Waals surface area contributed by atoms with Crippen LogP contribution in [0.5, 0.6) is 0 Å². The fourth-order valence-electron chi connectivity index (χ4n) is 2.20. The summed E-state index contributed by atoms with van der Waals surface area (Å²) < 4.78 is 7.32. The summed E-state index contributed by atoms with van der Waals surface area (Å²) >= 11 is 0. The highest BCUT2D eigenvalue weighted by Gasteiger charge is 2.20. The van der Waals surface area contributed by atoms with Crippen molar-refractivity contribution in [2.24, 2.45) is 0 Å². The van der Waals surface area contributed by atoms with Crippen LogP contribution in [0.15, 0.2) is 0 Å². The summed E-state index contributed by atoms with van der Waals surface area (Å²) in [7, 11) is -0.690. The van der Waals surface area contributed by atoms with Crippen LogP contribution in [0, 0.1) is 5.41 Å². The Morgan fingerprint density at radius 3 is 2.57 bits per heavy atom. The Kier molecular flexibility index (Phi) is 4.19. The first-order valence-electron chi connectivity index (χ1n) is 6.95. The minimum absolute atomic E-state index is 0.120. The number of fused-ring (bicyclic) bond motifs is 1. The van der Waals surface area contributed by atoms with Crippen molar-refractivity contribution in [1.29, 1.82) is 5.41 Å². The monoisotopic (exact) mass is 307 g/mol. The van der Waals surface area contributed by atoms with E-state index >= 15 is 0 Å². The molecule has 2 heterocycles. The quantitative estimate of drug-likeness (QED) is 0.742. The summed E-state index contributed by atoms with van der Waals surface area (Å²) in [6, 6.07) is 0. The molecular weight excluding hydrogens is 284 g/mol. The third kappa shape index (κ3) is 3.33. The number of nitrogens with one attached hydrogen (secondary N) is 2. The van der Waals surface area contributed by atoms with Crippen molar-refractivity contribution in [3.63, 3.8) is 0 Å². The number of nitrogens with two attached hydrogens (primary N) is 1. The highest BCUT2D eigenvalue weighted by Crippen LogP contribution is 2.21. The van der Waals surface area contributed by atoms with Crippen molar-refractivity contribution >= 4 is 26.0 Å². The Bertz CT molecular complexity index is 697. The van der Waals surface area contributed by atoms with E-state index in [1.165, 1.54) is 0 Å². The molecule has 115 valence electrons. The number of H-pyrrole nitrogens is 1. The highest BCUT2D eigenvalue weighted by molar-refractivity contribution is 6.48. The smallest absolute Gasteiger partial charge is 0.226 e. The molecule has 2 aromatic rings. The van der Waals surface area contributed by atoms with E-state index in [1.807, 2.05) is 20.8 Å². The Hall–Kier alpha value is -1.67. The minimum atomic E-state index is -0.690. The molecule has 0 aliphatic rings. The lowest BCUT2D eigenvalue weighted by Crippen LogP contribution is -2.37. The molecule has 21 heavy (non-hydrogen) atoms. The third-order valence-electron chi connectivity index (χ3n) is 3.05. The van der Waals surface area contributed by atoms with Crippen LogP contribution in [0.4, 0.5) is 5.82 Å². The molecule has 2 rings (SSSR count). The molecule has 7 nitrogen and oxygen atoms in total. The molecule has 2 aromatic heterocycles. The molecule has 4 N–H and O–H groups in total. The molecule has 0 unspecified atom stereocenters. The van der Waals surface area contributed by atoms with E-state index in [4.69, 9.17) is 15.6 Å². The predicted octanol–water partition coefficient (Wildman–Crippen LogP) is 1.39. The van der Waals surface area contributed by atoms with E-state index in [-0.39, 0.29) is 11.2 Å². The molecule has 0 atom stereocenters. The van der Waals surface area contributed by atoms with E-state index in [0.717, 1.165) is 5.82 Å². The van der Waals surface area contributed by atoms with E-state index in [1.54, 1.807) is 4.57 Å². The molecule has 8 heteroatoms. The summed E-state index contributed by atoms with van der Waals surface area (Å²) in [5, 5.41) is 8.05. The first-order valence-corrected chi connectivity index (χ1v) is 9.36. The van der Waals surface area contributed by atoms with Gasteiger partial charge in [-0.1, -0.05) is 0 Å². The van der Waals surface area contributed by atoms with Crippen molar-refractivity contribution in [1.82, 2.24) is 19.5 Å². The van der Waals surface area contributed by atoms with Gasteiger partial charge in [0.25, 0.3) is 0 Å². The average Bonchev–Trinajstić information content (AvgIpc) is 2.69. The molecule has 0 fully saturated rings. The number of nitrogen functional groups attached to an aromatic ring is 1. The largest absolute Gasteiger partial charge is 0.417 e. The van der Waals surface area contributed by atoms with Crippen LogP contribution in [0.25, 0.3) is 11.2 Å².